The molecule has 1 aromatic carbocycles. The van der Waals surface area contributed by atoms with Crippen molar-refractivity contribution in [1.29, 1.82) is 0 Å². The summed E-state index contributed by atoms with van der Waals surface area (Å²) in [6, 6.07) is 1.04. The summed E-state index contributed by atoms with van der Waals surface area (Å²) in [7, 11) is 4.42. The van der Waals surface area contributed by atoms with E-state index in [1.165, 1.54) is 21.3 Å². The van der Waals surface area contributed by atoms with E-state index in [1.54, 1.807) is 6.07 Å². The average Bonchev–Trinajstić information content (AvgIpc) is 2.43. The van der Waals surface area contributed by atoms with Crippen LogP contribution in [0, 0.1) is 0 Å². The maximum Gasteiger partial charge on any atom is 0.303 e. The summed E-state index contributed by atoms with van der Waals surface area (Å²) in [4.78, 5) is 10.6. The highest BCUT2D eigenvalue weighted by Crippen LogP contribution is 2.45. The number of carbonyl (C=O) groups is 1. The summed E-state index contributed by atoms with van der Waals surface area (Å²) in [5.74, 6) is 0.279. The molecule has 0 fully saturated rings. The Morgan fingerprint density at radius 1 is 1.30 bits per heavy atom. The normalized spacial score (nSPS) is 11.8. The zero-order valence-electron chi connectivity index (χ0n) is 11.6. The van der Waals surface area contributed by atoms with Gasteiger partial charge in [-0.05, 0) is 6.42 Å². The lowest BCUT2D eigenvalue weighted by atomic mass is 10.0. The molecule has 0 aromatic heterocycles. The van der Waals surface area contributed by atoms with Gasteiger partial charge in [-0.1, -0.05) is 11.6 Å². The van der Waals surface area contributed by atoms with Crippen LogP contribution in [-0.2, 0) is 4.79 Å². The van der Waals surface area contributed by atoms with E-state index in [0.717, 1.165) is 0 Å². The molecule has 0 heterocycles. The number of aliphatic carboxylic acids is 1. The number of ether oxygens (including phenoxy) is 3. The zero-order chi connectivity index (χ0) is 15.3. The number of halogens is 1. The van der Waals surface area contributed by atoms with Crippen molar-refractivity contribution in [1.82, 2.24) is 0 Å². The highest BCUT2D eigenvalue weighted by atomic mass is 35.5. The first-order valence-electron chi connectivity index (χ1n) is 5.91. The summed E-state index contributed by atoms with van der Waals surface area (Å²) in [5, 5.41) is 8.99. The van der Waals surface area contributed by atoms with E-state index in [-0.39, 0.29) is 17.9 Å². The Morgan fingerprint density at radius 3 is 2.35 bits per heavy atom. The summed E-state index contributed by atoms with van der Waals surface area (Å²) in [5.41, 5.74) is 6.52. The largest absolute Gasteiger partial charge is 0.496 e. The monoisotopic (exact) mass is 303 g/mol. The highest BCUT2D eigenvalue weighted by Gasteiger charge is 2.23. The minimum atomic E-state index is -0.920. The molecule has 0 radical (unpaired) electrons. The van der Waals surface area contributed by atoms with E-state index in [1.807, 2.05) is 0 Å². The molecule has 0 saturated heterocycles. The van der Waals surface area contributed by atoms with Crippen molar-refractivity contribution in [2.24, 2.45) is 5.73 Å². The first-order valence-corrected chi connectivity index (χ1v) is 6.29. The minimum Gasteiger partial charge on any atom is -0.496 e. The molecule has 1 aromatic rings. The number of hydrogen-bond donors (Lipinski definition) is 2. The van der Waals surface area contributed by atoms with Crippen molar-refractivity contribution in [2.45, 2.75) is 18.9 Å². The summed E-state index contributed by atoms with van der Waals surface area (Å²) >= 11 is 6.27. The summed E-state index contributed by atoms with van der Waals surface area (Å²) in [6.07, 6.45) is 0.176. The van der Waals surface area contributed by atoms with Crippen LogP contribution in [0.3, 0.4) is 0 Å². The van der Waals surface area contributed by atoms with Gasteiger partial charge < -0.3 is 25.1 Å². The molecule has 0 aliphatic rings. The van der Waals surface area contributed by atoms with E-state index >= 15 is 0 Å². The van der Waals surface area contributed by atoms with Gasteiger partial charge in [0.05, 0.1) is 26.4 Å². The Hall–Kier alpha value is -1.66. The van der Waals surface area contributed by atoms with E-state index in [0.29, 0.717) is 22.8 Å². The fraction of sp³-hybridized carbons (Fsp3) is 0.462. The topological polar surface area (TPSA) is 91.0 Å². The Morgan fingerprint density at radius 2 is 1.90 bits per heavy atom. The molecule has 1 atom stereocenters. The molecule has 0 amide bonds. The number of hydrogen-bond acceptors (Lipinski definition) is 5. The van der Waals surface area contributed by atoms with Gasteiger partial charge in [0, 0.05) is 24.1 Å². The quantitative estimate of drug-likeness (QED) is 0.802. The Balaban J connectivity index is 3.25. The van der Waals surface area contributed by atoms with Crippen LogP contribution in [0.5, 0.6) is 17.2 Å². The number of methoxy groups -OCH3 is 3. The van der Waals surface area contributed by atoms with Gasteiger partial charge in [0.1, 0.15) is 5.75 Å². The molecule has 0 aliphatic heterocycles. The lowest BCUT2D eigenvalue weighted by Gasteiger charge is -2.20. The molecule has 3 N–H and O–H groups in total. The molecule has 20 heavy (non-hydrogen) atoms. The molecular weight excluding hydrogens is 286 g/mol. The van der Waals surface area contributed by atoms with Crippen LogP contribution in [0.2, 0.25) is 5.02 Å². The van der Waals surface area contributed by atoms with Gasteiger partial charge in [-0.25, -0.2) is 0 Å². The molecule has 0 bridgehead atoms. The van der Waals surface area contributed by atoms with Crippen molar-refractivity contribution < 1.29 is 24.1 Å². The van der Waals surface area contributed by atoms with Gasteiger partial charge in [0.2, 0.25) is 0 Å². The summed E-state index contributed by atoms with van der Waals surface area (Å²) in [6.45, 7) is 0. The van der Waals surface area contributed by atoms with Gasteiger partial charge in [0.25, 0.3) is 0 Å². The highest BCUT2D eigenvalue weighted by molar-refractivity contribution is 6.33. The smallest absolute Gasteiger partial charge is 0.303 e. The molecule has 0 aliphatic carbocycles. The molecule has 1 rings (SSSR count). The second kappa shape index (κ2) is 7.21. The third kappa shape index (κ3) is 3.46. The van der Waals surface area contributed by atoms with Crippen LogP contribution in [0.1, 0.15) is 24.4 Å². The van der Waals surface area contributed by atoms with Crippen LogP contribution in [0.15, 0.2) is 6.07 Å². The summed E-state index contributed by atoms with van der Waals surface area (Å²) < 4.78 is 15.6. The molecule has 112 valence electrons. The Kier molecular flexibility index (Phi) is 5.91. The molecule has 0 saturated carbocycles. The Labute approximate surface area is 122 Å². The number of carboxylic acids is 1. The van der Waals surface area contributed by atoms with E-state index in [4.69, 9.17) is 36.7 Å². The first kappa shape index (κ1) is 16.4. The number of rotatable bonds is 7. The van der Waals surface area contributed by atoms with Crippen LogP contribution < -0.4 is 19.9 Å². The second-order valence-electron chi connectivity index (χ2n) is 4.08. The van der Waals surface area contributed by atoms with Gasteiger partial charge in [-0.3, -0.25) is 4.79 Å². The van der Waals surface area contributed by atoms with E-state index in [2.05, 4.69) is 0 Å². The number of carboxylic acid groups (broad SMARTS) is 1. The molecule has 7 heteroatoms. The number of benzene rings is 1. The fourth-order valence-corrected chi connectivity index (χ4v) is 2.28. The lowest BCUT2D eigenvalue weighted by molar-refractivity contribution is -0.137. The molecule has 1 unspecified atom stereocenters. The van der Waals surface area contributed by atoms with Crippen LogP contribution in [-0.4, -0.2) is 32.4 Å². The third-order valence-corrected chi connectivity index (χ3v) is 3.25. The third-order valence-electron chi connectivity index (χ3n) is 2.87. The maximum atomic E-state index is 10.6. The molecular formula is C13H18ClNO5. The lowest BCUT2D eigenvalue weighted by Crippen LogP contribution is -2.14. The zero-order valence-corrected chi connectivity index (χ0v) is 12.4. The second-order valence-corrected chi connectivity index (χ2v) is 4.46. The van der Waals surface area contributed by atoms with Crippen molar-refractivity contribution >= 4 is 17.6 Å². The Bertz CT molecular complexity index is 492. The SMILES string of the molecule is COc1cc(OC)c(C(N)CCC(=O)O)c(Cl)c1OC. The predicted molar refractivity (Wildman–Crippen MR) is 74.9 cm³/mol. The van der Waals surface area contributed by atoms with Crippen LogP contribution >= 0.6 is 11.6 Å². The van der Waals surface area contributed by atoms with Crippen LogP contribution in [0.4, 0.5) is 0 Å². The van der Waals surface area contributed by atoms with Crippen molar-refractivity contribution in [2.75, 3.05) is 21.3 Å². The van der Waals surface area contributed by atoms with Gasteiger partial charge in [-0.15, -0.1) is 0 Å². The first-order chi connectivity index (χ1) is 9.46. The minimum absolute atomic E-state index is 0.0605. The van der Waals surface area contributed by atoms with Crippen molar-refractivity contribution in [3.8, 4) is 17.2 Å². The van der Waals surface area contributed by atoms with Crippen LogP contribution in [0.25, 0.3) is 0 Å². The van der Waals surface area contributed by atoms with Gasteiger partial charge in [0.15, 0.2) is 11.5 Å². The van der Waals surface area contributed by atoms with Crippen molar-refractivity contribution in [3.05, 3.63) is 16.7 Å². The predicted octanol–water partition coefficient (Wildman–Crippen LogP) is 2.23. The van der Waals surface area contributed by atoms with Gasteiger partial charge >= 0.3 is 5.97 Å². The standard InChI is InChI=1S/C13H18ClNO5/c1-18-8-6-9(19-2)13(20-3)12(14)11(8)7(15)4-5-10(16)17/h6-7H,4-5,15H2,1-3H3,(H,16,17). The van der Waals surface area contributed by atoms with E-state index in [9.17, 15) is 4.79 Å². The van der Waals surface area contributed by atoms with E-state index < -0.39 is 12.0 Å². The van der Waals surface area contributed by atoms with Gasteiger partial charge in [-0.2, -0.15) is 0 Å². The fourth-order valence-electron chi connectivity index (χ4n) is 1.88. The average molecular weight is 304 g/mol. The maximum absolute atomic E-state index is 10.6. The molecule has 0 spiro atoms. The van der Waals surface area contributed by atoms with Crippen molar-refractivity contribution in [3.63, 3.8) is 0 Å². The number of nitrogens with two attached hydrogens (primary N) is 1. The molecule has 6 nitrogen and oxygen atoms in total.